The second-order valence-corrected chi connectivity index (χ2v) is 8.01. The molecule has 2 aromatic heterocycles. The van der Waals surface area contributed by atoms with E-state index in [1.54, 1.807) is 11.3 Å². The molecule has 2 aromatic rings. The lowest BCUT2D eigenvalue weighted by Crippen LogP contribution is -2.39. The highest BCUT2D eigenvalue weighted by Gasteiger charge is 2.33. The van der Waals surface area contributed by atoms with E-state index in [4.69, 9.17) is 9.72 Å². The van der Waals surface area contributed by atoms with Gasteiger partial charge in [0.25, 0.3) is 0 Å². The van der Waals surface area contributed by atoms with Gasteiger partial charge in [0.05, 0.1) is 11.7 Å². The van der Waals surface area contributed by atoms with Crippen molar-refractivity contribution in [2.24, 2.45) is 0 Å². The zero-order valence-corrected chi connectivity index (χ0v) is 16.3. The van der Waals surface area contributed by atoms with Gasteiger partial charge in [0.1, 0.15) is 16.6 Å². The first-order chi connectivity index (χ1) is 12.7. The summed E-state index contributed by atoms with van der Waals surface area (Å²) in [7, 11) is 0. The maximum atomic E-state index is 5.54. The van der Waals surface area contributed by atoms with Gasteiger partial charge in [-0.1, -0.05) is 18.3 Å². The Kier molecular flexibility index (Phi) is 5.42. The lowest BCUT2D eigenvalue weighted by atomic mass is 10.0. The van der Waals surface area contributed by atoms with Crippen LogP contribution in [0.3, 0.4) is 0 Å². The molecule has 0 unspecified atom stereocenters. The van der Waals surface area contributed by atoms with Crippen LogP contribution in [-0.4, -0.2) is 50.9 Å². The van der Waals surface area contributed by atoms with Crippen LogP contribution in [0.25, 0.3) is 0 Å². The Hall–Kier alpha value is -1.64. The first-order valence-corrected chi connectivity index (χ1v) is 10.3. The molecule has 8 heteroatoms. The Morgan fingerprint density at radius 1 is 1.23 bits per heavy atom. The zero-order valence-electron chi connectivity index (χ0n) is 15.4. The number of hydrogen-bond acceptors (Lipinski definition) is 8. The number of aryl methyl sites for hydroxylation is 2. The summed E-state index contributed by atoms with van der Waals surface area (Å²) in [6.07, 6.45) is 5.53. The maximum absolute atomic E-state index is 5.54. The summed E-state index contributed by atoms with van der Waals surface area (Å²) in [6, 6.07) is 3.07. The number of ether oxygens (including phenoxy) is 1. The minimum atomic E-state index is 0.376. The van der Waals surface area contributed by atoms with Crippen LogP contribution in [0.15, 0.2) is 6.07 Å². The van der Waals surface area contributed by atoms with Gasteiger partial charge >= 0.3 is 0 Å². The summed E-state index contributed by atoms with van der Waals surface area (Å²) in [5.41, 5.74) is 1.12. The fourth-order valence-corrected chi connectivity index (χ4v) is 4.63. The van der Waals surface area contributed by atoms with Crippen LogP contribution in [0.5, 0.6) is 0 Å². The average molecular weight is 375 g/mol. The van der Waals surface area contributed by atoms with E-state index in [9.17, 15) is 0 Å². The molecule has 1 N–H and O–H groups in total. The molecule has 0 aromatic carbocycles. The van der Waals surface area contributed by atoms with E-state index in [1.165, 1.54) is 6.42 Å². The molecule has 0 amide bonds. The Balaban J connectivity index is 1.54. The molecule has 1 atom stereocenters. The van der Waals surface area contributed by atoms with Crippen molar-refractivity contribution in [3.05, 3.63) is 22.6 Å². The fraction of sp³-hybridized carbons (Fsp3) is 0.667. The normalized spacial score (nSPS) is 22.0. The molecule has 0 spiro atoms. The van der Waals surface area contributed by atoms with Crippen molar-refractivity contribution in [1.29, 1.82) is 0 Å². The van der Waals surface area contributed by atoms with Crippen LogP contribution in [-0.2, 0) is 11.2 Å². The van der Waals surface area contributed by atoms with Gasteiger partial charge in [-0.05, 0) is 45.6 Å². The van der Waals surface area contributed by atoms with Crippen LogP contribution in [0.4, 0.5) is 10.9 Å². The first-order valence-electron chi connectivity index (χ1n) is 9.51. The third-order valence-corrected chi connectivity index (χ3v) is 6.14. The lowest BCUT2D eigenvalue weighted by molar-refractivity contribution is 0.0285. The summed E-state index contributed by atoms with van der Waals surface area (Å²) in [5.74, 6) is 1.61. The fourth-order valence-electron chi connectivity index (χ4n) is 3.94. The zero-order chi connectivity index (χ0) is 17.9. The van der Waals surface area contributed by atoms with Crippen LogP contribution in [0, 0.1) is 6.92 Å². The standard InChI is InChI=1S/C18H26N6OS/c1-3-17-22-23-18(26-17)21-16-11-14(19-12(2)20-16)15-5-4-8-24(15)13-6-9-25-10-7-13/h11,13,15H,3-10H2,1-2H3,(H,19,20,21,23)/t15-/m1/s1. The summed E-state index contributed by atoms with van der Waals surface area (Å²) >= 11 is 1.58. The second-order valence-electron chi connectivity index (χ2n) is 6.94. The number of anilines is 2. The topological polar surface area (TPSA) is 76.1 Å². The Morgan fingerprint density at radius 2 is 2.08 bits per heavy atom. The van der Waals surface area contributed by atoms with Gasteiger partial charge in [-0.15, -0.1) is 10.2 Å². The number of nitrogens with one attached hydrogen (secondary N) is 1. The van der Waals surface area contributed by atoms with E-state index in [0.717, 1.165) is 72.9 Å². The molecular weight excluding hydrogens is 348 g/mol. The predicted molar refractivity (Wildman–Crippen MR) is 102 cm³/mol. The molecule has 4 rings (SSSR count). The molecule has 2 fully saturated rings. The van der Waals surface area contributed by atoms with Crippen molar-refractivity contribution in [2.45, 2.75) is 58.0 Å². The summed E-state index contributed by atoms with van der Waals surface area (Å²) < 4.78 is 5.54. The van der Waals surface area contributed by atoms with Crippen molar-refractivity contribution in [3.8, 4) is 0 Å². The predicted octanol–water partition coefficient (Wildman–Crippen LogP) is 3.26. The van der Waals surface area contributed by atoms with E-state index in [1.807, 2.05) is 6.92 Å². The van der Waals surface area contributed by atoms with Crippen molar-refractivity contribution in [1.82, 2.24) is 25.1 Å². The van der Waals surface area contributed by atoms with E-state index < -0.39 is 0 Å². The van der Waals surface area contributed by atoms with Crippen LogP contribution < -0.4 is 5.32 Å². The van der Waals surface area contributed by atoms with Crippen molar-refractivity contribution >= 4 is 22.3 Å². The molecule has 2 saturated heterocycles. The third kappa shape index (κ3) is 3.87. The number of hydrogen-bond donors (Lipinski definition) is 1. The number of nitrogens with zero attached hydrogens (tertiary/aromatic N) is 5. The van der Waals surface area contributed by atoms with Gasteiger partial charge in [0.2, 0.25) is 5.13 Å². The molecule has 7 nitrogen and oxygen atoms in total. The Bertz CT molecular complexity index is 745. The quantitative estimate of drug-likeness (QED) is 0.861. The van der Waals surface area contributed by atoms with Crippen molar-refractivity contribution in [2.75, 3.05) is 25.1 Å². The Labute approximate surface area is 158 Å². The molecule has 4 heterocycles. The van der Waals surface area contributed by atoms with Gasteiger partial charge in [-0.3, -0.25) is 4.90 Å². The minimum absolute atomic E-state index is 0.376. The van der Waals surface area contributed by atoms with Crippen LogP contribution in [0.2, 0.25) is 0 Å². The summed E-state index contributed by atoms with van der Waals surface area (Å²) in [5, 5.41) is 13.5. The average Bonchev–Trinajstić information content (AvgIpc) is 3.31. The molecule has 0 saturated carbocycles. The number of likely N-dealkylation sites (tertiary alicyclic amines) is 1. The van der Waals surface area contributed by atoms with Gasteiger partial charge in [0, 0.05) is 25.3 Å². The molecule has 2 aliphatic heterocycles. The van der Waals surface area contributed by atoms with Gasteiger partial charge in [-0.2, -0.15) is 0 Å². The highest BCUT2D eigenvalue weighted by Crippen LogP contribution is 2.36. The molecule has 140 valence electrons. The van der Waals surface area contributed by atoms with E-state index in [0.29, 0.717) is 12.1 Å². The van der Waals surface area contributed by atoms with E-state index in [-0.39, 0.29) is 0 Å². The molecule has 0 radical (unpaired) electrons. The van der Waals surface area contributed by atoms with Crippen molar-refractivity contribution < 1.29 is 4.74 Å². The molecule has 0 bridgehead atoms. The third-order valence-electron chi connectivity index (χ3n) is 5.16. The largest absolute Gasteiger partial charge is 0.381 e. The second kappa shape index (κ2) is 7.94. The highest BCUT2D eigenvalue weighted by molar-refractivity contribution is 7.15. The van der Waals surface area contributed by atoms with Crippen molar-refractivity contribution in [3.63, 3.8) is 0 Å². The van der Waals surface area contributed by atoms with Gasteiger partial charge in [0.15, 0.2) is 0 Å². The maximum Gasteiger partial charge on any atom is 0.211 e. The molecular formula is C18H26N6OS. The number of rotatable bonds is 5. The summed E-state index contributed by atoms with van der Waals surface area (Å²) in [6.45, 7) is 6.94. The first kappa shape index (κ1) is 17.8. The highest BCUT2D eigenvalue weighted by atomic mass is 32.1. The van der Waals surface area contributed by atoms with Crippen LogP contribution in [0.1, 0.15) is 55.2 Å². The molecule has 0 aliphatic carbocycles. The van der Waals surface area contributed by atoms with Crippen LogP contribution >= 0.6 is 11.3 Å². The molecule has 2 aliphatic rings. The summed E-state index contributed by atoms with van der Waals surface area (Å²) in [4.78, 5) is 12.0. The number of aromatic nitrogens is 4. The van der Waals surface area contributed by atoms with Gasteiger partial charge in [-0.25, -0.2) is 9.97 Å². The minimum Gasteiger partial charge on any atom is -0.381 e. The Morgan fingerprint density at radius 3 is 2.85 bits per heavy atom. The van der Waals surface area contributed by atoms with E-state index >= 15 is 0 Å². The lowest BCUT2D eigenvalue weighted by Gasteiger charge is -2.35. The monoisotopic (exact) mass is 374 g/mol. The smallest absolute Gasteiger partial charge is 0.211 e. The SMILES string of the molecule is CCc1nnc(Nc2cc([C@H]3CCCN3C3CCOCC3)nc(C)n2)s1. The van der Waals surface area contributed by atoms with Gasteiger partial charge < -0.3 is 10.1 Å². The van der Waals surface area contributed by atoms with E-state index in [2.05, 4.69) is 38.4 Å². The molecule has 26 heavy (non-hydrogen) atoms.